The van der Waals surface area contributed by atoms with Crippen LogP contribution in [-0.4, -0.2) is 41.5 Å². The number of halogens is 3. The molecule has 0 spiro atoms. The molecular weight excluding hydrogens is 395 g/mol. The Balaban J connectivity index is 1.38. The lowest BCUT2D eigenvalue weighted by Crippen LogP contribution is -2.53. The van der Waals surface area contributed by atoms with Crippen LogP contribution < -0.4 is 16.2 Å². The van der Waals surface area contributed by atoms with Gasteiger partial charge in [0.05, 0.1) is 6.10 Å². The Morgan fingerprint density at radius 1 is 0.966 bits per heavy atom. The molecule has 1 atom stereocenters. The van der Waals surface area contributed by atoms with Crippen LogP contribution in [0.1, 0.15) is 52.9 Å². The van der Waals surface area contributed by atoms with Gasteiger partial charge in [-0.25, -0.2) is 4.79 Å². The van der Waals surface area contributed by atoms with E-state index in [0.29, 0.717) is 19.3 Å². The summed E-state index contributed by atoms with van der Waals surface area (Å²) in [6, 6.07) is 0. The first-order valence-corrected chi connectivity index (χ1v) is 9.61. The third kappa shape index (κ3) is 5.31. The van der Waals surface area contributed by atoms with Crippen LogP contribution in [0.2, 0.25) is 0 Å². The van der Waals surface area contributed by atoms with E-state index in [0.717, 1.165) is 0 Å². The van der Waals surface area contributed by atoms with Gasteiger partial charge in [-0.1, -0.05) is 0 Å². The Morgan fingerprint density at radius 3 is 2.10 bits per heavy atom. The van der Waals surface area contributed by atoms with Crippen molar-refractivity contribution in [1.82, 2.24) is 16.2 Å². The molecule has 0 aliphatic heterocycles. The number of hydrazine groups is 1. The quantitative estimate of drug-likeness (QED) is 0.603. The number of carbonyl (C=O) groups is 3. The van der Waals surface area contributed by atoms with E-state index in [1.54, 1.807) is 20.8 Å². The van der Waals surface area contributed by atoms with Crippen molar-refractivity contribution in [3.8, 4) is 0 Å². The summed E-state index contributed by atoms with van der Waals surface area (Å²) in [4.78, 5) is 36.3. The van der Waals surface area contributed by atoms with Gasteiger partial charge in [0.25, 0.3) is 0 Å². The van der Waals surface area contributed by atoms with Gasteiger partial charge < -0.3 is 10.1 Å². The molecule has 29 heavy (non-hydrogen) atoms. The van der Waals surface area contributed by atoms with Crippen molar-refractivity contribution in [2.45, 2.75) is 76.5 Å². The standard InChI is InChI=1S/C18H26F3N3O5/c1-16(2,3)29-15(27)22-17-6-10(7-17)12(8-17)14(26)24-23-13(25)9-4-11(5-9)28-18(19,20)21/h9-12H,4-8H2,1-3H3,(H,22,27)(H,23,25)(H,24,26)/t9?,10?,11?,12-,17?/m1/s1. The Hall–Kier alpha value is -2.04. The Morgan fingerprint density at radius 2 is 1.55 bits per heavy atom. The maximum Gasteiger partial charge on any atom is 0.522 e. The summed E-state index contributed by atoms with van der Waals surface area (Å²) < 4.78 is 45.4. The van der Waals surface area contributed by atoms with Crippen LogP contribution in [-0.2, 0) is 19.1 Å². The molecule has 4 aliphatic carbocycles. The fraction of sp³-hybridized carbons (Fsp3) is 0.833. The zero-order valence-corrected chi connectivity index (χ0v) is 16.5. The van der Waals surface area contributed by atoms with Crippen LogP contribution >= 0.6 is 0 Å². The van der Waals surface area contributed by atoms with E-state index in [9.17, 15) is 27.6 Å². The molecule has 0 aromatic rings. The fourth-order valence-corrected chi connectivity index (χ4v) is 4.35. The normalized spacial score (nSPS) is 33.2. The van der Waals surface area contributed by atoms with Gasteiger partial charge in [0.15, 0.2) is 0 Å². The van der Waals surface area contributed by atoms with Crippen LogP contribution in [0.5, 0.6) is 0 Å². The predicted octanol–water partition coefficient (Wildman–Crippen LogP) is 2.14. The number of nitrogens with one attached hydrogen (secondary N) is 3. The van der Waals surface area contributed by atoms with E-state index in [1.807, 2.05) is 0 Å². The molecule has 3 N–H and O–H groups in total. The average molecular weight is 421 g/mol. The summed E-state index contributed by atoms with van der Waals surface area (Å²) in [6.07, 6.45) is -4.58. The molecule has 2 bridgehead atoms. The highest BCUT2D eigenvalue weighted by atomic mass is 19.4. The molecular formula is C18H26F3N3O5. The molecule has 164 valence electrons. The summed E-state index contributed by atoms with van der Waals surface area (Å²) in [5.41, 5.74) is 3.56. The van der Waals surface area contributed by atoms with Crippen molar-refractivity contribution in [2.75, 3.05) is 0 Å². The van der Waals surface area contributed by atoms with Gasteiger partial charge in [0.1, 0.15) is 5.60 Å². The molecule has 0 saturated heterocycles. The van der Waals surface area contributed by atoms with E-state index in [1.165, 1.54) is 0 Å². The molecule has 0 aromatic heterocycles. The van der Waals surface area contributed by atoms with E-state index in [-0.39, 0.29) is 30.6 Å². The van der Waals surface area contributed by atoms with Gasteiger partial charge in [-0.2, -0.15) is 0 Å². The van der Waals surface area contributed by atoms with Gasteiger partial charge in [0.2, 0.25) is 11.8 Å². The third-order valence-electron chi connectivity index (χ3n) is 5.66. The predicted molar refractivity (Wildman–Crippen MR) is 92.9 cm³/mol. The van der Waals surface area contributed by atoms with E-state index < -0.39 is 41.5 Å². The summed E-state index contributed by atoms with van der Waals surface area (Å²) in [6.45, 7) is 5.29. The summed E-state index contributed by atoms with van der Waals surface area (Å²) in [5.74, 6) is -1.77. The second-order valence-corrected chi connectivity index (χ2v) is 9.22. The number of alkyl halides is 3. The number of amides is 3. The highest BCUT2D eigenvalue weighted by Crippen LogP contribution is 2.55. The second kappa shape index (κ2) is 7.33. The Bertz CT molecular complexity index is 679. The lowest BCUT2D eigenvalue weighted by molar-refractivity contribution is -0.353. The maximum absolute atomic E-state index is 12.4. The molecule has 0 aromatic carbocycles. The number of rotatable bonds is 4. The van der Waals surface area contributed by atoms with Gasteiger partial charge in [-0.3, -0.25) is 25.2 Å². The van der Waals surface area contributed by atoms with Crippen LogP contribution in [0.25, 0.3) is 0 Å². The zero-order chi connectivity index (χ0) is 21.6. The van der Waals surface area contributed by atoms with Crippen molar-refractivity contribution in [2.24, 2.45) is 17.8 Å². The number of carbonyl (C=O) groups excluding carboxylic acids is 3. The third-order valence-corrected chi connectivity index (χ3v) is 5.66. The molecule has 4 rings (SSSR count). The highest BCUT2D eigenvalue weighted by molar-refractivity contribution is 5.85. The number of fused-ring (bicyclic) bond motifs is 1. The first-order chi connectivity index (χ1) is 13.3. The van der Waals surface area contributed by atoms with Crippen molar-refractivity contribution in [3.63, 3.8) is 0 Å². The molecule has 3 amide bonds. The molecule has 0 radical (unpaired) electrons. The molecule has 0 unspecified atom stereocenters. The molecule has 4 aliphatic rings. The molecule has 4 fully saturated rings. The Kier molecular flexibility index (Phi) is 5.48. The number of hydrogen-bond acceptors (Lipinski definition) is 5. The minimum absolute atomic E-state index is 0.0454. The topological polar surface area (TPSA) is 106 Å². The van der Waals surface area contributed by atoms with Gasteiger partial charge in [0, 0.05) is 17.4 Å². The molecule has 8 nitrogen and oxygen atoms in total. The summed E-state index contributed by atoms with van der Waals surface area (Å²) in [7, 11) is 0. The summed E-state index contributed by atoms with van der Waals surface area (Å²) in [5, 5.41) is 2.85. The van der Waals surface area contributed by atoms with Gasteiger partial charge in [-0.15, -0.1) is 13.2 Å². The largest absolute Gasteiger partial charge is 0.522 e. The highest BCUT2D eigenvalue weighted by Gasteiger charge is 2.59. The Labute approximate surface area is 166 Å². The molecule has 4 saturated carbocycles. The number of hydrogen-bond donors (Lipinski definition) is 3. The SMILES string of the molecule is CC(C)(C)OC(=O)NC12CC(C1)[C@H](C(=O)NNC(=O)C1CC(OC(F)(F)F)C1)C2. The minimum atomic E-state index is -4.72. The van der Waals surface area contributed by atoms with Crippen LogP contribution in [0.4, 0.5) is 18.0 Å². The first-order valence-electron chi connectivity index (χ1n) is 9.61. The van der Waals surface area contributed by atoms with Crippen molar-refractivity contribution in [3.05, 3.63) is 0 Å². The zero-order valence-electron chi connectivity index (χ0n) is 16.5. The lowest BCUT2D eigenvalue weighted by atomic mass is 9.76. The van der Waals surface area contributed by atoms with Crippen LogP contribution in [0.3, 0.4) is 0 Å². The lowest BCUT2D eigenvalue weighted by Gasteiger charge is -2.39. The maximum atomic E-state index is 12.4. The average Bonchev–Trinajstić information content (AvgIpc) is 2.99. The van der Waals surface area contributed by atoms with Crippen LogP contribution in [0.15, 0.2) is 0 Å². The van der Waals surface area contributed by atoms with Crippen molar-refractivity contribution in [1.29, 1.82) is 0 Å². The van der Waals surface area contributed by atoms with Crippen molar-refractivity contribution < 1.29 is 37.0 Å². The van der Waals surface area contributed by atoms with E-state index >= 15 is 0 Å². The van der Waals surface area contributed by atoms with Gasteiger partial charge in [-0.05, 0) is 58.8 Å². The smallest absolute Gasteiger partial charge is 0.444 e. The van der Waals surface area contributed by atoms with Crippen molar-refractivity contribution >= 4 is 17.9 Å². The fourth-order valence-electron chi connectivity index (χ4n) is 4.35. The minimum Gasteiger partial charge on any atom is -0.444 e. The molecule has 11 heteroatoms. The van der Waals surface area contributed by atoms with E-state index in [4.69, 9.17) is 4.74 Å². The second-order valence-electron chi connectivity index (χ2n) is 9.22. The van der Waals surface area contributed by atoms with E-state index in [2.05, 4.69) is 20.9 Å². The monoisotopic (exact) mass is 421 g/mol. The van der Waals surface area contributed by atoms with Crippen LogP contribution in [0, 0.1) is 17.8 Å². The molecule has 0 heterocycles. The summed E-state index contributed by atoms with van der Waals surface area (Å²) >= 11 is 0. The van der Waals surface area contributed by atoms with Gasteiger partial charge >= 0.3 is 12.5 Å². The first kappa shape index (κ1) is 21.7. The number of ether oxygens (including phenoxy) is 2. The number of alkyl carbamates (subject to hydrolysis) is 1.